The van der Waals surface area contributed by atoms with Gasteiger partial charge in [-0.3, -0.25) is 9.59 Å². The Hall–Kier alpha value is -4.15. The second-order valence-corrected chi connectivity index (χ2v) is 6.26. The molecule has 0 aliphatic rings. The molecule has 0 atom stereocenters. The Labute approximate surface area is 168 Å². The second kappa shape index (κ2) is 8.07. The van der Waals surface area contributed by atoms with Crippen LogP contribution in [0.2, 0.25) is 0 Å². The summed E-state index contributed by atoms with van der Waals surface area (Å²) >= 11 is 0. The van der Waals surface area contributed by atoms with E-state index in [0.29, 0.717) is 22.9 Å². The van der Waals surface area contributed by atoms with Gasteiger partial charge in [-0.05, 0) is 36.4 Å². The van der Waals surface area contributed by atoms with Crippen molar-refractivity contribution in [3.05, 3.63) is 70.4 Å². The molecular formula is C19H16FN7O3. The Kier molecular flexibility index (Phi) is 5.16. The molecule has 0 saturated carbocycles. The topological polar surface area (TPSA) is 116 Å². The fourth-order valence-corrected chi connectivity index (χ4v) is 2.66. The number of benzene rings is 1. The average molecular weight is 409 g/mol. The highest BCUT2D eigenvalue weighted by atomic mass is 19.1. The predicted octanol–water partition coefficient (Wildman–Crippen LogP) is 0.833. The Morgan fingerprint density at radius 3 is 2.63 bits per heavy atom. The van der Waals surface area contributed by atoms with E-state index in [4.69, 9.17) is 4.74 Å². The maximum Gasteiger partial charge on any atom is 0.271 e. The predicted molar refractivity (Wildman–Crippen MR) is 103 cm³/mol. The molecule has 3 aromatic heterocycles. The number of carbonyl (C=O) groups excluding carboxylic acids is 1. The van der Waals surface area contributed by atoms with E-state index in [1.54, 1.807) is 24.3 Å². The zero-order valence-corrected chi connectivity index (χ0v) is 15.8. The summed E-state index contributed by atoms with van der Waals surface area (Å²) in [4.78, 5) is 23.4. The standard InChI is InChI=1S/C19H16FN7O3/c1-26-17(28)9-6-14(24-26)19(29)21-10-11-30-16-8-7-15-22-23-18(27(15)25-16)12-2-4-13(20)5-3-12/h2-9H,10-11H2,1H3,(H,21,29). The molecule has 0 fully saturated rings. The Bertz CT molecular complexity index is 1270. The van der Waals surface area contributed by atoms with Gasteiger partial charge in [0.1, 0.15) is 18.1 Å². The number of ether oxygens (including phenoxy) is 1. The molecule has 1 aromatic carbocycles. The number of halogens is 1. The molecule has 0 radical (unpaired) electrons. The molecular weight excluding hydrogens is 393 g/mol. The molecule has 10 nitrogen and oxygen atoms in total. The number of rotatable bonds is 6. The highest BCUT2D eigenvalue weighted by Gasteiger charge is 2.11. The number of aryl methyl sites for hydroxylation is 1. The quantitative estimate of drug-likeness (QED) is 0.469. The van der Waals surface area contributed by atoms with Crippen molar-refractivity contribution in [2.24, 2.45) is 7.05 Å². The number of hydrogen-bond donors (Lipinski definition) is 1. The largest absolute Gasteiger partial charge is 0.475 e. The zero-order chi connectivity index (χ0) is 21.1. The van der Waals surface area contributed by atoms with Crippen LogP contribution < -0.4 is 15.6 Å². The molecule has 0 aliphatic heterocycles. The number of aromatic nitrogens is 6. The average Bonchev–Trinajstić information content (AvgIpc) is 3.17. The molecule has 1 N–H and O–H groups in total. The van der Waals surface area contributed by atoms with Crippen LogP contribution >= 0.6 is 0 Å². The summed E-state index contributed by atoms with van der Waals surface area (Å²) in [5.41, 5.74) is 0.997. The molecule has 0 spiro atoms. The van der Waals surface area contributed by atoms with E-state index in [2.05, 4.69) is 25.7 Å². The first-order chi connectivity index (χ1) is 14.5. The van der Waals surface area contributed by atoms with Gasteiger partial charge >= 0.3 is 0 Å². The van der Waals surface area contributed by atoms with Gasteiger partial charge in [0.15, 0.2) is 11.5 Å². The summed E-state index contributed by atoms with van der Waals surface area (Å²) in [6.45, 7) is 0.361. The van der Waals surface area contributed by atoms with Gasteiger partial charge in [0.05, 0.1) is 6.54 Å². The van der Waals surface area contributed by atoms with Gasteiger partial charge in [-0.1, -0.05) is 0 Å². The smallest absolute Gasteiger partial charge is 0.271 e. The van der Waals surface area contributed by atoms with E-state index in [1.807, 2.05) is 0 Å². The van der Waals surface area contributed by atoms with E-state index in [0.717, 1.165) is 4.68 Å². The first-order valence-electron chi connectivity index (χ1n) is 8.95. The summed E-state index contributed by atoms with van der Waals surface area (Å²) in [6, 6.07) is 11.8. The molecule has 152 valence electrons. The Balaban J connectivity index is 1.40. The van der Waals surface area contributed by atoms with Gasteiger partial charge in [0.25, 0.3) is 11.5 Å². The van der Waals surface area contributed by atoms with E-state index in [9.17, 15) is 14.0 Å². The highest BCUT2D eigenvalue weighted by molar-refractivity contribution is 5.91. The second-order valence-electron chi connectivity index (χ2n) is 6.26. The molecule has 30 heavy (non-hydrogen) atoms. The summed E-state index contributed by atoms with van der Waals surface area (Å²) in [6.07, 6.45) is 0. The van der Waals surface area contributed by atoms with Crippen molar-refractivity contribution < 1.29 is 13.9 Å². The van der Waals surface area contributed by atoms with Crippen LogP contribution in [-0.4, -0.2) is 48.7 Å². The lowest BCUT2D eigenvalue weighted by atomic mass is 10.2. The zero-order valence-electron chi connectivity index (χ0n) is 15.8. The summed E-state index contributed by atoms with van der Waals surface area (Å²) in [5, 5.41) is 19.0. The number of fused-ring (bicyclic) bond motifs is 1. The van der Waals surface area contributed by atoms with Crippen LogP contribution in [0.4, 0.5) is 4.39 Å². The molecule has 1 amide bonds. The minimum atomic E-state index is -0.421. The minimum absolute atomic E-state index is 0.130. The fraction of sp³-hybridized carbons (Fsp3) is 0.158. The van der Waals surface area contributed by atoms with Crippen molar-refractivity contribution in [1.82, 2.24) is 34.9 Å². The van der Waals surface area contributed by atoms with Crippen molar-refractivity contribution >= 4 is 11.6 Å². The number of nitrogens with zero attached hydrogens (tertiary/aromatic N) is 6. The first-order valence-corrected chi connectivity index (χ1v) is 8.95. The van der Waals surface area contributed by atoms with Crippen molar-refractivity contribution in [2.45, 2.75) is 0 Å². The van der Waals surface area contributed by atoms with Crippen LogP contribution in [0.25, 0.3) is 17.0 Å². The Morgan fingerprint density at radius 2 is 1.87 bits per heavy atom. The molecule has 0 saturated heterocycles. The van der Waals surface area contributed by atoms with Crippen LogP contribution in [-0.2, 0) is 7.05 Å². The molecule has 4 rings (SSSR count). The van der Waals surface area contributed by atoms with Crippen molar-refractivity contribution in [1.29, 1.82) is 0 Å². The van der Waals surface area contributed by atoms with Crippen molar-refractivity contribution in [3.8, 4) is 17.3 Å². The maximum atomic E-state index is 13.2. The van der Waals surface area contributed by atoms with Crippen LogP contribution in [0.1, 0.15) is 10.5 Å². The minimum Gasteiger partial charge on any atom is -0.475 e. The molecule has 0 bridgehead atoms. The van der Waals surface area contributed by atoms with Gasteiger partial charge in [0, 0.05) is 24.7 Å². The number of amides is 1. The van der Waals surface area contributed by atoms with Gasteiger partial charge in [-0.25, -0.2) is 9.07 Å². The lowest BCUT2D eigenvalue weighted by molar-refractivity contribution is 0.0939. The molecule has 0 unspecified atom stereocenters. The highest BCUT2D eigenvalue weighted by Crippen LogP contribution is 2.19. The molecule has 3 heterocycles. The summed E-state index contributed by atoms with van der Waals surface area (Å²) < 4.78 is 21.3. The van der Waals surface area contributed by atoms with Crippen LogP contribution in [0, 0.1) is 5.82 Å². The van der Waals surface area contributed by atoms with E-state index in [1.165, 1.54) is 35.8 Å². The molecule has 4 aromatic rings. The van der Waals surface area contributed by atoms with Crippen molar-refractivity contribution in [3.63, 3.8) is 0 Å². The van der Waals surface area contributed by atoms with E-state index >= 15 is 0 Å². The third kappa shape index (κ3) is 3.99. The third-order valence-electron chi connectivity index (χ3n) is 4.17. The van der Waals surface area contributed by atoms with Crippen LogP contribution in [0.3, 0.4) is 0 Å². The lowest BCUT2D eigenvalue weighted by Crippen LogP contribution is -2.31. The van der Waals surface area contributed by atoms with E-state index < -0.39 is 5.91 Å². The lowest BCUT2D eigenvalue weighted by Gasteiger charge is -2.08. The van der Waals surface area contributed by atoms with Crippen LogP contribution in [0.5, 0.6) is 5.88 Å². The summed E-state index contributed by atoms with van der Waals surface area (Å²) in [5.74, 6) is -0.0146. The molecule has 11 heteroatoms. The fourth-order valence-electron chi connectivity index (χ4n) is 2.66. The number of carbonyl (C=O) groups is 1. The monoisotopic (exact) mass is 409 g/mol. The van der Waals surface area contributed by atoms with E-state index in [-0.39, 0.29) is 30.2 Å². The third-order valence-corrected chi connectivity index (χ3v) is 4.17. The molecule has 0 aliphatic carbocycles. The Morgan fingerprint density at radius 1 is 1.07 bits per heavy atom. The van der Waals surface area contributed by atoms with Crippen molar-refractivity contribution in [2.75, 3.05) is 13.2 Å². The number of hydrogen-bond acceptors (Lipinski definition) is 7. The number of nitrogens with one attached hydrogen (secondary N) is 1. The van der Waals surface area contributed by atoms with Gasteiger partial charge in [0.2, 0.25) is 5.88 Å². The van der Waals surface area contributed by atoms with Crippen LogP contribution in [0.15, 0.2) is 53.3 Å². The SMILES string of the molecule is Cn1nc(C(=O)NCCOc2ccc3nnc(-c4ccc(F)cc4)n3n2)ccc1=O. The summed E-state index contributed by atoms with van der Waals surface area (Å²) in [7, 11) is 1.47. The first kappa shape index (κ1) is 19.2. The maximum absolute atomic E-state index is 13.2. The van der Waals surface area contributed by atoms with Gasteiger partial charge < -0.3 is 10.1 Å². The van der Waals surface area contributed by atoms with Gasteiger partial charge in [-0.15, -0.1) is 15.3 Å². The van der Waals surface area contributed by atoms with Gasteiger partial charge in [-0.2, -0.15) is 9.61 Å². The normalized spacial score (nSPS) is 10.9.